The first-order valence-electron chi connectivity index (χ1n) is 8.45. The molecule has 7 nitrogen and oxygen atoms in total. The number of carbonyl (C=O) groups excluding carboxylic acids is 2. The van der Waals surface area contributed by atoms with E-state index in [1.165, 1.54) is 0 Å². The van der Waals surface area contributed by atoms with Crippen LogP contribution in [0.15, 0.2) is 29.0 Å². The second kappa shape index (κ2) is 7.46. The molecule has 25 heavy (non-hydrogen) atoms. The van der Waals surface area contributed by atoms with Crippen molar-refractivity contribution < 1.29 is 14.1 Å². The maximum Gasteiger partial charge on any atom is 0.253 e. The first-order valence-corrected chi connectivity index (χ1v) is 8.45. The van der Waals surface area contributed by atoms with E-state index in [4.69, 9.17) is 4.52 Å². The lowest BCUT2D eigenvalue weighted by atomic mass is 9.95. The highest BCUT2D eigenvalue weighted by atomic mass is 16.5. The molecule has 1 aliphatic heterocycles. The molecular weight excluding hydrogens is 320 g/mol. The summed E-state index contributed by atoms with van der Waals surface area (Å²) in [7, 11) is 0. The Bertz CT molecular complexity index is 729. The predicted octanol–water partition coefficient (Wildman–Crippen LogP) is 1.86. The third-order valence-corrected chi connectivity index (χ3v) is 4.70. The van der Waals surface area contributed by atoms with Crippen LogP contribution in [0.2, 0.25) is 0 Å². The molecule has 0 saturated carbocycles. The zero-order chi connectivity index (χ0) is 17.8. The summed E-state index contributed by atoms with van der Waals surface area (Å²) in [6.07, 6.45) is 4.57. The number of nitrogens with zero attached hydrogens (tertiary/aromatic N) is 3. The largest absolute Gasteiger partial charge is 0.361 e. The monoisotopic (exact) mass is 342 g/mol. The summed E-state index contributed by atoms with van der Waals surface area (Å²) in [5.74, 6) is 0.686. The predicted molar refractivity (Wildman–Crippen MR) is 90.7 cm³/mol. The fourth-order valence-corrected chi connectivity index (χ4v) is 3.10. The molecule has 2 aromatic heterocycles. The standard InChI is InChI=1S/C18H22N4O3/c1-12-16(13(2)25-21-12)11-20-17(23)14-5-9-22(10-6-14)18(24)15-3-7-19-8-4-15/h3-4,7-8,14H,5-6,9-11H2,1-2H3,(H,20,23). The van der Waals surface area contributed by atoms with Crippen LogP contribution in [0.1, 0.15) is 40.2 Å². The number of likely N-dealkylation sites (tertiary alicyclic amines) is 1. The average Bonchev–Trinajstić information content (AvgIpc) is 2.98. The Morgan fingerprint density at radius 2 is 1.92 bits per heavy atom. The van der Waals surface area contributed by atoms with Gasteiger partial charge in [-0.1, -0.05) is 5.16 Å². The van der Waals surface area contributed by atoms with Crippen LogP contribution < -0.4 is 5.32 Å². The zero-order valence-corrected chi connectivity index (χ0v) is 14.5. The molecule has 3 heterocycles. The van der Waals surface area contributed by atoms with Gasteiger partial charge in [0.15, 0.2) is 0 Å². The second-order valence-corrected chi connectivity index (χ2v) is 6.32. The lowest BCUT2D eigenvalue weighted by molar-refractivity contribution is -0.126. The van der Waals surface area contributed by atoms with E-state index in [2.05, 4.69) is 15.5 Å². The van der Waals surface area contributed by atoms with Gasteiger partial charge in [-0.05, 0) is 38.8 Å². The molecule has 0 radical (unpaired) electrons. The van der Waals surface area contributed by atoms with Crippen molar-refractivity contribution in [3.63, 3.8) is 0 Å². The molecule has 0 aromatic carbocycles. The highest BCUT2D eigenvalue weighted by Crippen LogP contribution is 2.20. The van der Waals surface area contributed by atoms with Gasteiger partial charge in [-0.2, -0.15) is 0 Å². The minimum absolute atomic E-state index is 0.00280. The van der Waals surface area contributed by atoms with Crippen LogP contribution in [0.3, 0.4) is 0 Å². The molecule has 1 fully saturated rings. The number of rotatable bonds is 4. The Morgan fingerprint density at radius 3 is 2.52 bits per heavy atom. The van der Waals surface area contributed by atoms with Crippen LogP contribution >= 0.6 is 0 Å². The molecule has 0 bridgehead atoms. The lowest BCUT2D eigenvalue weighted by Gasteiger charge is -2.31. The molecule has 0 unspecified atom stereocenters. The number of amides is 2. The Morgan fingerprint density at radius 1 is 1.24 bits per heavy atom. The van der Waals surface area contributed by atoms with E-state index < -0.39 is 0 Å². The van der Waals surface area contributed by atoms with Crippen LogP contribution in [0.4, 0.5) is 0 Å². The van der Waals surface area contributed by atoms with E-state index in [0.717, 1.165) is 17.0 Å². The molecule has 132 valence electrons. The Labute approximate surface area is 146 Å². The van der Waals surface area contributed by atoms with E-state index in [1.54, 1.807) is 29.4 Å². The number of aromatic nitrogens is 2. The zero-order valence-electron chi connectivity index (χ0n) is 14.5. The molecular formula is C18H22N4O3. The van der Waals surface area contributed by atoms with Crippen molar-refractivity contribution >= 4 is 11.8 Å². The van der Waals surface area contributed by atoms with E-state index >= 15 is 0 Å². The van der Waals surface area contributed by atoms with Crippen molar-refractivity contribution in [3.8, 4) is 0 Å². The minimum Gasteiger partial charge on any atom is -0.361 e. The summed E-state index contributed by atoms with van der Waals surface area (Å²) in [5.41, 5.74) is 2.37. The minimum atomic E-state index is -0.0676. The molecule has 1 saturated heterocycles. The molecule has 0 aliphatic carbocycles. The smallest absolute Gasteiger partial charge is 0.253 e. The van der Waals surface area contributed by atoms with E-state index in [1.807, 2.05) is 13.8 Å². The summed E-state index contributed by atoms with van der Waals surface area (Å²) in [6.45, 7) is 5.30. The van der Waals surface area contributed by atoms with Gasteiger partial charge in [-0.15, -0.1) is 0 Å². The summed E-state index contributed by atoms with van der Waals surface area (Å²) in [6, 6.07) is 3.43. The number of nitrogens with one attached hydrogen (secondary N) is 1. The molecule has 0 atom stereocenters. The molecule has 2 aromatic rings. The van der Waals surface area contributed by atoms with Gasteiger partial charge in [0.05, 0.1) is 5.69 Å². The summed E-state index contributed by atoms with van der Waals surface area (Å²) in [5, 5.41) is 6.85. The first-order chi connectivity index (χ1) is 12.1. The Balaban J connectivity index is 1.50. The maximum absolute atomic E-state index is 12.4. The van der Waals surface area contributed by atoms with Gasteiger partial charge < -0.3 is 14.7 Å². The van der Waals surface area contributed by atoms with Gasteiger partial charge in [0.2, 0.25) is 5.91 Å². The van der Waals surface area contributed by atoms with E-state index in [-0.39, 0.29) is 17.7 Å². The third-order valence-electron chi connectivity index (χ3n) is 4.70. The van der Waals surface area contributed by atoms with Crippen molar-refractivity contribution in [2.45, 2.75) is 33.2 Å². The number of carbonyl (C=O) groups is 2. The molecule has 1 N–H and O–H groups in total. The molecule has 3 rings (SSSR count). The summed E-state index contributed by atoms with van der Waals surface area (Å²) < 4.78 is 5.11. The molecule has 1 aliphatic rings. The van der Waals surface area contributed by atoms with Crippen LogP contribution in [0.5, 0.6) is 0 Å². The third kappa shape index (κ3) is 3.87. The van der Waals surface area contributed by atoms with Crippen LogP contribution in [0.25, 0.3) is 0 Å². The quantitative estimate of drug-likeness (QED) is 0.916. The molecule has 0 spiro atoms. The van der Waals surface area contributed by atoms with E-state index in [9.17, 15) is 9.59 Å². The normalized spacial score (nSPS) is 15.2. The SMILES string of the molecule is Cc1noc(C)c1CNC(=O)C1CCN(C(=O)c2ccncc2)CC1. The van der Waals surface area contributed by atoms with Gasteiger partial charge >= 0.3 is 0 Å². The first kappa shape index (κ1) is 17.1. The molecule has 2 amide bonds. The van der Waals surface area contributed by atoms with Gasteiger partial charge in [-0.25, -0.2) is 0 Å². The lowest BCUT2D eigenvalue weighted by Crippen LogP contribution is -2.43. The van der Waals surface area contributed by atoms with Gasteiger partial charge in [0.25, 0.3) is 5.91 Å². The van der Waals surface area contributed by atoms with Crippen LogP contribution in [0, 0.1) is 19.8 Å². The second-order valence-electron chi connectivity index (χ2n) is 6.32. The number of hydrogen-bond donors (Lipinski definition) is 1. The fraction of sp³-hybridized carbons (Fsp3) is 0.444. The van der Waals surface area contributed by atoms with Crippen molar-refractivity contribution in [1.82, 2.24) is 20.4 Å². The number of pyridine rings is 1. The van der Waals surface area contributed by atoms with Crippen molar-refractivity contribution in [3.05, 3.63) is 47.1 Å². The Kier molecular flexibility index (Phi) is 5.11. The topological polar surface area (TPSA) is 88.3 Å². The maximum atomic E-state index is 12.4. The van der Waals surface area contributed by atoms with Crippen molar-refractivity contribution in [2.24, 2.45) is 5.92 Å². The fourth-order valence-electron chi connectivity index (χ4n) is 3.10. The highest BCUT2D eigenvalue weighted by molar-refractivity contribution is 5.94. The summed E-state index contributed by atoms with van der Waals surface area (Å²) >= 11 is 0. The number of hydrogen-bond acceptors (Lipinski definition) is 5. The van der Waals surface area contributed by atoms with Crippen LogP contribution in [-0.2, 0) is 11.3 Å². The van der Waals surface area contributed by atoms with Crippen molar-refractivity contribution in [2.75, 3.05) is 13.1 Å². The van der Waals surface area contributed by atoms with E-state index in [0.29, 0.717) is 38.0 Å². The van der Waals surface area contributed by atoms with Crippen molar-refractivity contribution in [1.29, 1.82) is 0 Å². The molecule has 7 heteroatoms. The van der Waals surface area contributed by atoms with Gasteiger partial charge in [0.1, 0.15) is 5.76 Å². The number of aryl methyl sites for hydroxylation is 2. The highest BCUT2D eigenvalue weighted by Gasteiger charge is 2.28. The summed E-state index contributed by atoms with van der Waals surface area (Å²) in [4.78, 5) is 30.5. The van der Waals surface area contributed by atoms with Crippen LogP contribution in [-0.4, -0.2) is 39.9 Å². The van der Waals surface area contributed by atoms with Gasteiger partial charge in [0, 0.05) is 49.1 Å². The number of piperidine rings is 1. The van der Waals surface area contributed by atoms with Gasteiger partial charge in [-0.3, -0.25) is 14.6 Å². The Hall–Kier alpha value is -2.70. The average molecular weight is 342 g/mol.